The number of aryl methyl sites for hydroxylation is 1. The van der Waals surface area contributed by atoms with Crippen LogP contribution in [0.4, 0.5) is 10.1 Å². The molecule has 0 bridgehead atoms. The molecule has 10 heteroatoms. The molecule has 0 radical (unpaired) electrons. The minimum atomic E-state index is -4.11. The Labute approximate surface area is 195 Å². The summed E-state index contributed by atoms with van der Waals surface area (Å²) in [5, 5.41) is 3.08. The van der Waals surface area contributed by atoms with E-state index in [1.165, 1.54) is 31.2 Å². The van der Waals surface area contributed by atoms with Crippen molar-refractivity contribution < 1.29 is 27.1 Å². The van der Waals surface area contributed by atoms with E-state index in [0.717, 1.165) is 18.2 Å². The Kier molecular flexibility index (Phi) is 7.67. The first-order valence-corrected chi connectivity index (χ1v) is 11.6. The molecular weight excluding hydrogens is 471 g/mol. The predicted octanol–water partition coefficient (Wildman–Crippen LogP) is 4.06. The maximum Gasteiger partial charge on any atom is 0.340 e. The SMILES string of the molecule is Cc1cc(F)ccc1S(=O)(=O)Nc1ccccc1C(=O)OCC(=O)NCc1ccccc1Cl. The fourth-order valence-corrected chi connectivity index (χ4v) is 4.47. The first kappa shape index (κ1) is 24.2. The van der Waals surface area contributed by atoms with Gasteiger partial charge in [-0.2, -0.15) is 0 Å². The van der Waals surface area contributed by atoms with Crippen molar-refractivity contribution >= 4 is 39.2 Å². The van der Waals surface area contributed by atoms with Crippen molar-refractivity contribution in [3.05, 3.63) is 94.3 Å². The van der Waals surface area contributed by atoms with E-state index in [9.17, 15) is 22.4 Å². The van der Waals surface area contributed by atoms with E-state index in [1.54, 1.807) is 24.3 Å². The molecule has 0 saturated heterocycles. The van der Waals surface area contributed by atoms with Crippen LogP contribution in [0.15, 0.2) is 71.6 Å². The predicted molar refractivity (Wildman–Crippen MR) is 122 cm³/mol. The molecule has 3 rings (SSSR count). The molecule has 0 saturated carbocycles. The van der Waals surface area contributed by atoms with E-state index in [1.807, 2.05) is 0 Å². The number of esters is 1. The zero-order valence-corrected chi connectivity index (χ0v) is 19.0. The molecule has 0 aliphatic heterocycles. The molecule has 2 N–H and O–H groups in total. The largest absolute Gasteiger partial charge is 0.452 e. The number of amides is 1. The van der Waals surface area contributed by atoms with Gasteiger partial charge in [0.1, 0.15) is 5.82 Å². The van der Waals surface area contributed by atoms with Gasteiger partial charge < -0.3 is 10.1 Å². The van der Waals surface area contributed by atoms with Crippen molar-refractivity contribution in [1.29, 1.82) is 0 Å². The molecule has 0 unspecified atom stereocenters. The lowest BCUT2D eigenvalue weighted by Crippen LogP contribution is -2.28. The average Bonchev–Trinajstić information content (AvgIpc) is 2.76. The molecule has 0 fully saturated rings. The zero-order valence-electron chi connectivity index (χ0n) is 17.5. The van der Waals surface area contributed by atoms with Crippen molar-refractivity contribution in [2.24, 2.45) is 0 Å². The van der Waals surface area contributed by atoms with Crippen LogP contribution in [-0.4, -0.2) is 26.9 Å². The molecule has 0 aliphatic rings. The Balaban J connectivity index is 1.66. The highest BCUT2D eigenvalue weighted by molar-refractivity contribution is 7.92. The number of carbonyl (C=O) groups is 2. The van der Waals surface area contributed by atoms with Gasteiger partial charge in [-0.1, -0.05) is 41.9 Å². The number of nitrogens with one attached hydrogen (secondary N) is 2. The Morgan fingerprint density at radius 3 is 2.45 bits per heavy atom. The Morgan fingerprint density at radius 1 is 1.03 bits per heavy atom. The van der Waals surface area contributed by atoms with Crippen LogP contribution < -0.4 is 10.0 Å². The lowest BCUT2D eigenvalue weighted by molar-refractivity contribution is -0.124. The second kappa shape index (κ2) is 10.5. The highest BCUT2D eigenvalue weighted by Crippen LogP contribution is 2.23. The molecule has 0 spiro atoms. The van der Waals surface area contributed by atoms with Gasteiger partial charge in [-0.15, -0.1) is 0 Å². The highest BCUT2D eigenvalue weighted by atomic mass is 35.5. The first-order valence-electron chi connectivity index (χ1n) is 9.72. The number of rotatable bonds is 8. The normalized spacial score (nSPS) is 11.0. The summed E-state index contributed by atoms with van der Waals surface area (Å²) < 4.78 is 46.2. The van der Waals surface area contributed by atoms with Crippen LogP contribution in [0.2, 0.25) is 5.02 Å². The number of halogens is 2. The molecule has 3 aromatic rings. The van der Waals surface area contributed by atoms with Crippen molar-refractivity contribution in [3.63, 3.8) is 0 Å². The summed E-state index contributed by atoms with van der Waals surface area (Å²) in [5.41, 5.74) is 0.787. The van der Waals surface area contributed by atoms with E-state index in [0.29, 0.717) is 10.6 Å². The number of anilines is 1. The van der Waals surface area contributed by atoms with Crippen LogP contribution in [0.3, 0.4) is 0 Å². The number of para-hydroxylation sites is 1. The molecule has 0 atom stereocenters. The summed E-state index contributed by atoms with van der Waals surface area (Å²) in [6.45, 7) is 1.05. The summed E-state index contributed by atoms with van der Waals surface area (Å²) in [6, 6.07) is 16.0. The first-order chi connectivity index (χ1) is 15.7. The lowest BCUT2D eigenvalue weighted by atomic mass is 10.2. The smallest absolute Gasteiger partial charge is 0.340 e. The number of benzene rings is 3. The van der Waals surface area contributed by atoms with Crippen LogP contribution in [0.5, 0.6) is 0 Å². The lowest BCUT2D eigenvalue weighted by Gasteiger charge is -2.14. The molecule has 0 aliphatic carbocycles. The number of sulfonamides is 1. The van der Waals surface area contributed by atoms with Gasteiger partial charge in [0.25, 0.3) is 15.9 Å². The van der Waals surface area contributed by atoms with Crippen molar-refractivity contribution in [1.82, 2.24) is 5.32 Å². The summed E-state index contributed by atoms with van der Waals surface area (Å²) >= 11 is 6.04. The maximum absolute atomic E-state index is 13.3. The molecular formula is C23H20ClFN2O5S. The quantitative estimate of drug-likeness (QED) is 0.464. The van der Waals surface area contributed by atoms with Crippen LogP contribution in [-0.2, 0) is 26.1 Å². The van der Waals surface area contributed by atoms with Crippen molar-refractivity contribution in [3.8, 4) is 0 Å². The Hall–Kier alpha value is -3.43. The maximum atomic E-state index is 13.3. The molecule has 0 aromatic heterocycles. The standard InChI is InChI=1S/C23H20ClFN2O5S/c1-15-12-17(25)10-11-21(15)33(30,31)27-20-9-5-3-7-18(20)23(29)32-14-22(28)26-13-16-6-2-4-8-19(16)24/h2-12,27H,13-14H2,1H3,(H,26,28). The molecule has 1 amide bonds. The van der Waals surface area contributed by atoms with Crippen molar-refractivity contribution in [2.75, 3.05) is 11.3 Å². The number of carbonyl (C=O) groups excluding carboxylic acids is 2. The molecule has 172 valence electrons. The monoisotopic (exact) mass is 490 g/mol. The third kappa shape index (κ3) is 6.30. The number of ether oxygens (including phenoxy) is 1. The molecule has 33 heavy (non-hydrogen) atoms. The van der Waals surface area contributed by atoms with Gasteiger partial charge in [0.05, 0.1) is 16.1 Å². The third-order valence-electron chi connectivity index (χ3n) is 4.59. The van der Waals surface area contributed by atoms with Gasteiger partial charge in [0.15, 0.2) is 6.61 Å². The van der Waals surface area contributed by atoms with Crippen LogP contribution in [0.1, 0.15) is 21.5 Å². The average molecular weight is 491 g/mol. The Morgan fingerprint density at radius 2 is 1.73 bits per heavy atom. The van der Waals surface area contributed by atoms with E-state index in [2.05, 4.69) is 10.0 Å². The minimum Gasteiger partial charge on any atom is -0.452 e. The van der Waals surface area contributed by atoms with Crippen molar-refractivity contribution in [2.45, 2.75) is 18.4 Å². The van der Waals surface area contributed by atoms with Gasteiger partial charge in [-0.25, -0.2) is 17.6 Å². The summed E-state index contributed by atoms with van der Waals surface area (Å²) in [6.07, 6.45) is 0. The zero-order chi connectivity index (χ0) is 24.0. The highest BCUT2D eigenvalue weighted by Gasteiger charge is 2.21. The van der Waals surface area contributed by atoms with Gasteiger partial charge in [-0.3, -0.25) is 9.52 Å². The topological polar surface area (TPSA) is 102 Å². The van der Waals surface area contributed by atoms with Crippen LogP contribution in [0, 0.1) is 12.7 Å². The van der Waals surface area contributed by atoms with Crippen LogP contribution in [0.25, 0.3) is 0 Å². The van der Waals surface area contributed by atoms with Crippen LogP contribution >= 0.6 is 11.6 Å². The third-order valence-corrected chi connectivity index (χ3v) is 6.48. The minimum absolute atomic E-state index is 0.0392. The molecule has 3 aromatic carbocycles. The second-order valence-electron chi connectivity index (χ2n) is 7.01. The Bertz CT molecular complexity index is 1300. The van der Waals surface area contributed by atoms with E-state index < -0.39 is 34.3 Å². The van der Waals surface area contributed by atoms with Gasteiger partial charge in [0.2, 0.25) is 0 Å². The van der Waals surface area contributed by atoms with Gasteiger partial charge in [-0.05, 0) is 54.4 Å². The number of hydrogen-bond donors (Lipinski definition) is 2. The summed E-state index contributed by atoms with van der Waals surface area (Å²) in [5.74, 6) is -2.01. The summed E-state index contributed by atoms with van der Waals surface area (Å²) in [4.78, 5) is 24.4. The van der Waals surface area contributed by atoms with Gasteiger partial charge in [0, 0.05) is 11.6 Å². The van der Waals surface area contributed by atoms with E-state index in [4.69, 9.17) is 16.3 Å². The summed E-state index contributed by atoms with van der Waals surface area (Å²) in [7, 11) is -4.11. The number of hydrogen-bond acceptors (Lipinski definition) is 5. The van der Waals surface area contributed by atoms with E-state index >= 15 is 0 Å². The molecule has 0 heterocycles. The van der Waals surface area contributed by atoms with E-state index in [-0.39, 0.29) is 28.3 Å². The second-order valence-corrected chi connectivity index (χ2v) is 9.06. The van der Waals surface area contributed by atoms with Gasteiger partial charge >= 0.3 is 5.97 Å². The fourth-order valence-electron chi connectivity index (χ4n) is 2.96. The fraction of sp³-hybridized carbons (Fsp3) is 0.130. The molecule has 7 nitrogen and oxygen atoms in total.